The van der Waals surface area contributed by atoms with Crippen molar-refractivity contribution in [3.63, 3.8) is 0 Å². The number of nitrogens with zero attached hydrogens (tertiary/aromatic N) is 1. The zero-order valence-corrected chi connectivity index (χ0v) is 18.7. The van der Waals surface area contributed by atoms with Crippen LogP contribution in [0.2, 0.25) is 0 Å². The Labute approximate surface area is 190 Å². The summed E-state index contributed by atoms with van der Waals surface area (Å²) in [5.41, 5.74) is 0.447. The Kier molecular flexibility index (Phi) is 9.41. The van der Waals surface area contributed by atoms with Crippen LogP contribution in [0.25, 0.3) is 0 Å². The number of hydrogen-bond donors (Lipinski definition) is 0. The van der Waals surface area contributed by atoms with Crippen LogP contribution < -0.4 is 0 Å². The van der Waals surface area contributed by atoms with Crippen LogP contribution in [0.15, 0.2) is 48.6 Å². The van der Waals surface area contributed by atoms with Crippen molar-refractivity contribution >= 4 is 0 Å². The van der Waals surface area contributed by atoms with E-state index in [-0.39, 0.29) is 0 Å². The highest BCUT2D eigenvalue weighted by molar-refractivity contribution is 5.27. The van der Waals surface area contributed by atoms with Gasteiger partial charge in [-0.25, -0.2) is 0 Å². The maximum atomic E-state index is 12.7. The molecule has 0 bridgehead atoms. The number of benzene rings is 1. The van der Waals surface area contributed by atoms with E-state index in [1.807, 2.05) is 12.1 Å². The fourth-order valence-electron chi connectivity index (χ4n) is 5.07. The largest absolute Gasteiger partial charge is 0.416 e. The van der Waals surface area contributed by atoms with Crippen LogP contribution in [0.4, 0.5) is 13.2 Å². The van der Waals surface area contributed by atoms with Gasteiger partial charge in [-0.3, -0.25) is 0 Å². The van der Waals surface area contributed by atoms with Gasteiger partial charge in [0.15, 0.2) is 0 Å². The van der Waals surface area contributed by atoms with Gasteiger partial charge in [-0.1, -0.05) is 43.2 Å². The van der Waals surface area contributed by atoms with E-state index in [0.717, 1.165) is 50.2 Å². The predicted molar refractivity (Wildman–Crippen MR) is 121 cm³/mol. The van der Waals surface area contributed by atoms with Gasteiger partial charge in [-0.2, -0.15) is 18.4 Å². The number of halogens is 3. The quantitative estimate of drug-likeness (QED) is 0.300. The van der Waals surface area contributed by atoms with Gasteiger partial charge in [-0.05, 0) is 86.8 Å². The highest BCUT2D eigenvalue weighted by Crippen LogP contribution is 2.37. The Hall–Kier alpha value is -2.06. The van der Waals surface area contributed by atoms with Crippen molar-refractivity contribution in [3.8, 4) is 6.07 Å². The second-order valence-electron chi connectivity index (χ2n) is 9.31. The third kappa shape index (κ3) is 7.81. The van der Waals surface area contributed by atoms with Crippen LogP contribution in [0.5, 0.6) is 0 Å². The number of alkyl halides is 3. The maximum absolute atomic E-state index is 12.7. The van der Waals surface area contributed by atoms with Crippen LogP contribution in [-0.4, -0.2) is 12.7 Å². The van der Waals surface area contributed by atoms with Crippen molar-refractivity contribution < 1.29 is 17.9 Å². The van der Waals surface area contributed by atoms with Crippen LogP contribution in [-0.2, 0) is 10.9 Å². The molecule has 1 aromatic rings. The monoisotopic (exact) mass is 445 g/mol. The summed E-state index contributed by atoms with van der Waals surface area (Å²) in [4.78, 5) is 0. The van der Waals surface area contributed by atoms with Crippen molar-refractivity contribution in [2.24, 2.45) is 11.8 Å². The molecule has 2 nitrogen and oxygen atoms in total. The van der Waals surface area contributed by atoms with Gasteiger partial charge in [0.05, 0.1) is 17.7 Å². The summed E-state index contributed by atoms with van der Waals surface area (Å²) < 4.78 is 44.5. The molecule has 0 unspecified atom stereocenters. The van der Waals surface area contributed by atoms with Gasteiger partial charge in [0, 0.05) is 12.7 Å². The van der Waals surface area contributed by atoms with E-state index >= 15 is 0 Å². The lowest BCUT2D eigenvalue weighted by Crippen LogP contribution is -2.25. The molecule has 5 heteroatoms. The van der Waals surface area contributed by atoms with Crippen LogP contribution in [0, 0.1) is 23.2 Å². The van der Waals surface area contributed by atoms with Gasteiger partial charge >= 0.3 is 6.18 Å². The van der Waals surface area contributed by atoms with Crippen molar-refractivity contribution in [2.45, 2.75) is 82.4 Å². The molecule has 32 heavy (non-hydrogen) atoms. The molecule has 2 fully saturated rings. The lowest BCUT2D eigenvalue weighted by Gasteiger charge is -2.32. The number of rotatable bonds is 8. The topological polar surface area (TPSA) is 33.0 Å². The molecule has 2 saturated carbocycles. The first kappa shape index (κ1) is 24.6. The fourth-order valence-corrected chi connectivity index (χ4v) is 5.07. The lowest BCUT2D eigenvalue weighted by atomic mass is 9.80. The summed E-state index contributed by atoms with van der Waals surface area (Å²) in [6.45, 7) is 0.848. The highest BCUT2D eigenvalue weighted by Gasteiger charge is 2.31. The summed E-state index contributed by atoms with van der Waals surface area (Å²) in [6.07, 6.45) is 14.7. The minimum Gasteiger partial charge on any atom is -0.378 e. The molecule has 2 aliphatic carbocycles. The number of allylic oxidation sites excluding steroid dienone is 4. The SMILES string of the molecule is N#C/C=C/C=C/CCC1CCC(COC2CCC(c3ccc(C(F)(F)F)cc3)CC2)CC1. The molecular weight excluding hydrogens is 411 g/mol. The van der Waals surface area contributed by atoms with E-state index in [1.54, 1.807) is 18.2 Å². The molecule has 0 N–H and O–H groups in total. The fraction of sp³-hybridized carbons (Fsp3) is 0.593. The summed E-state index contributed by atoms with van der Waals surface area (Å²) in [6, 6.07) is 7.69. The van der Waals surface area contributed by atoms with Crippen molar-refractivity contribution in [1.29, 1.82) is 5.26 Å². The molecule has 3 rings (SSSR count). The average molecular weight is 446 g/mol. The predicted octanol–water partition coefficient (Wildman–Crippen LogP) is 7.97. The Balaban J connectivity index is 1.30. The highest BCUT2D eigenvalue weighted by atomic mass is 19.4. The van der Waals surface area contributed by atoms with Gasteiger partial charge in [0.1, 0.15) is 0 Å². The normalized spacial score (nSPS) is 27.1. The zero-order chi connectivity index (χ0) is 22.8. The molecule has 1 aromatic carbocycles. The molecule has 0 aromatic heterocycles. The van der Waals surface area contributed by atoms with Crippen LogP contribution in [0.3, 0.4) is 0 Å². The molecule has 0 atom stereocenters. The van der Waals surface area contributed by atoms with Gasteiger partial charge in [0.2, 0.25) is 0 Å². The molecule has 0 heterocycles. The van der Waals surface area contributed by atoms with Gasteiger partial charge in [0.25, 0.3) is 0 Å². The minimum atomic E-state index is -4.27. The molecule has 0 aliphatic heterocycles. The van der Waals surface area contributed by atoms with Crippen molar-refractivity contribution in [3.05, 3.63) is 59.7 Å². The standard InChI is InChI=1S/C27H34F3NO/c28-27(29,30)25-15-11-23(12-16-25)24-13-17-26(18-14-24)32-20-22-9-7-21(8-10-22)6-4-2-1-3-5-19-31/h1-3,5,11-12,15-16,21-22,24,26H,4,6-10,13-14,17-18,20H2/b2-1+,5-3+. The Morgan fingerprint density at radius 2 is 1.56 bits per heavy atom. The molecule has 174 valence electrons. The summed E-state index contributed by atoms with van der Waals surface area (Å²) in [5.74, 6) is 1.81. The summed E-state index contributed by atoms with van der Waals surface area (Å²) >= 11 is 0. The van der Waals surface area contributed by atoms with Crippen molar-refractivity contribution in [2.75, 3.05) is 6.61 Å². The Morgan fingerprint density at radius 1 is 0.906 bits per heavy atom. The summed E-state index contributed by atoms with van der Waals surface area (Å²) in [7, 11) is 0. The van der Waals surface area contributed by atoms with E-state index in [0.29, 0.717) is 17.9 Å². The number of ether oxygens (including phenoxy) is 1. The van der Waals surface area contributed by atoms with Crippen LogP contribution >= 0.6 is 0 Å². The first-order chi connectivity index (χ1) is 15.5. The Morgan fingerprint density at radius 3 is 2.19 bits per heavy atom. The van der Waals surface area contributed by atoms with E-state index in [4.69, 9.17) is 10.00 Å². The molecule has 0 radical (unpaired) electrons. The molecule has 0 saturated heterocycles. The third-order valence-electron chi connectivity index (χ3n) is 7.08. The van der Waals surface area contributed by atoms with E-state index in [9.17, 15) is 13.2 Å². The van der Waals surface area contributed by atoms with Crippen molar-refractivity contribution in [1.82, 2.24) is 0 Å². The molecule has 2 aliphatic rings. The van der Waals surface area contributed by atoms with E-state index in [1.165, 1.54) is 50.3 Å². The van der Waals surface area contributed by atoms with Gasteiger partial charge in [-0.15, -0.1) is 0 Å². The first-order valence-corrected chi connectivity index (χ1v) is 12.0. The maximum Gasteiger partial charge on any atom is 0.416 e. The van der Waals surface area contributed by atoms with E-state index in [2.05, 4.69) is 6.08 Å². The summed E-state index contributed by atoms with van der Waals surface area (Å²) in [5, 5.41) is 8.46. The third-order valence-corrected chi connectivity index (χ3v) is 7.08. The average Bonchev–Trinajstić information content (AvgIpc) is 2.81. The van der Waals surface area contributed by atoms with Crippen LogP contribution in [0.1, 0.15) is 81.3 Å². The zero-order valence-electron chi connectivity index (χ0n) is 18.7. The first-order valence-electron chi connectivity index (χ1n) is 12.0. The minimum absolute atomic E-state index is 0.296. The second-order valence-corrected chi connectivity index (χ2v) is 9.31. The molecule has 0 amide bonds. The smallest absolute Gasteiger partial charge is 0.378 e. The molecular formula is C27H34F3NO. The lowest BCUT2D eigenvalue weighted by molar-refractivity contribution is -0.137. The Bertz CT molecular complexity index is 775. The second kappa shape index (κ2) is 12.3. The molecule has 0 spiro atoms. The number of nitriles is 1. The number of hydrogen-bond acceptors (Lipinski definition) is 2. The van der Waals surface area contributed by atoms with E-state index < -0.39 is 11.7 Å². The van der Waals surface area contributed by atoms with Gasteiger partial charge < -0.3 is 4.74 Å².